The molecular weight excluding hydrogens is 420 g/mol. The quantitative estimate of drug-likeness (QED) is 0.279. The molecule has 0 unspecified atom stereocenters. The molecule has 0 aliphatic carbocycles. The summed E-state index contributed by atoms with van der Waals surface area (Å²) < 4.78 is 10.3. The van der Waals surface area contributed by atoms with Crippen LogP contribution in [0, 0.1) is 0 Å². The van der Waals surface area contributed by atoms with Crippen LogP contribution in [0.15, 0.2) is 48.5 Å². The number of methoxy groups -OCH3 is 1. The largest absolute Gasteiger partial charge is 0.491 e. The SMILES string of the molecule is CCC(=O)Nc1ccc(C(=O)NNC(=S)NC(=O)c2ccc(OCCOC)cc2)cc1. The van der Waals surface area contributed by atoms with E-state index in [9.17, 15) is 14.4 Å². The Labute approximate surface area is 185 Å². The lowest BCUT2D eigenvalue weighted by atomic mass is 10.2. The van der Waals surface area contributed by atoms with Crippen LogP contribution in [0.3, 0.4) is 0 Å². The Morgan fingerprint density at radius 3 is 2.10 bits per heavy atom. The van der Waals surface area contributed by atoms with Gasteiger partial charge in [-0.05, 0) is 60.7 Å². The van der Waals surface area contributed by atoms with Crippen molar-refractivity contribution in [3.8, 4) is 5.75 Å². The van der Waals surface area contributed by atoms with Crippen LogP contribution in [0.5, 0.6) is 5.75 Å². The van der Waals surface area contributed by atoms with Crippen LogP contribution in [-0.4, -0.2) is 43.2 Å². The summed E-state index contributed by atoms with van der Waals surface area (Å²) in [6.07, 6.45) is 0.363. The van der Waals surface area contributed by atoms with Gasteiger partial charge < -0.3 is 14.8 Å². The first kappa shape index (κ1) is 23.8. The third-order valence-corrected chi connectivity index (χ3v) is 4.15. The van der Waals surface area contributed by atoms with Gasteiger partial charge in [0.25, 0.3) is 11.8 Å². The van der Waals surface area contributed by atoms with E-state index in [0.29, 0.717) is 42.2 Å². The van der Waals surface area contributed by atoms with Crippen LogP contribution in [0.4, 0.5) is 5.69 Å². The molecule has 0 fully saturated rings. The van der Waals surface area contributed by atoms with Gasteiger partial charge in [0, 0.05) is 30.3 Å². The predicted octanol–water partition coefficient (Wildman–Crippen LogP) is 2.01. The molecule has 0 atom stereocenters. The Morgan fingerprint density at radius 2 is 1.48 bits per heavy atom. The second kappa shape index (κ2) is 12.3. The zero-order valence-electron chi connectivity index (χ0n) is 17.2. The minimum Gasteiger partial charge on any atom is -0.491 e. The number of anilines is 1. The average Bonchev–Trinajstić information content (AvgIpc) is 2.78. The monoisotopic (exact) mass is 444 g/mol. The molecule has 0 spiro atoms. The zero-order chi connectivity index (χ0) is 22.6. The number of nitrogens with one attached hydrogen (secondary N) is 4. The molecule has 0 saturated heterocycles. The first-order chi connectivity index (χ1) is 14.9. The van der Waals surface area contributed by atoms with Gasteiger partial charge in [0.05, 0.1) is 6.61 Å². The maximum absolute atomic E-state index is 12.2. The first-order valence-corrected chi connectivity index (χ1v) is 9.87. The molecule has 0 heterocycles. The Hall–Kier alpha value is -3.50. The molecule has 0 aliphatic rings. The van der Waals surface area contributed by atoms with Gasteiger partial charge in [-0.15, -0.1) is 0 Å². The lowest BCUT2D eigenvalue weighted by Crippen LogP contribution is -2.48. The van der Waals surface area contributed by atoms with Crippen molar-refractivity contribution in [3.05, 3.63) is 59.7 Å². The average molecular weight is 445 g/mol. The lowest BCUT2D eigenvalue weighted by Gasteiger charge is -2.11. The molecule has 0 aromatic heterocycles. The van der Waals surface area contributed by atoms with E-state index < -0.39 is 11.8 Å². The van der Waals surface area contributed by atoms with Crippen molar-refractivity contribution < 1.29 is 23.9 Å². The summed E-state index contributed by atoms with van der Waals surface area (Å²) in [5.41, 5.74) is 6.19. The molecule has 0 bridgehead atoms. The molecule has 0 radical (unpaired) electrons. The maximum atomic E-state index is 12.2. The van der Waals surface area contributed by atoms with Gasteiger partial charge >= 0.3 is 0 Å². The topological polar surface area (TPSA) is 118 Å². The van der Waals surface area contributed by atoms with Gasteiger partial charge in [0.1, 0.15) is 12.4 Å². The van der Waals surface area contributed by atoms with Crippen molar-refractivity contribution in [2.24, 2.45) is 0 Å². The molecule has 0 saturated carbocycles. The van der Waals surface area contributed by atoms with E-state index in [4.69, 9.17) is 21.7 Å². The van der Waals surface area contributed by atoms with E-state index in [-0.39, 0.29) is 11.0 Å². The number of hydrogen-bond donors (Lipinski definition) is 4. The Bertz CT molecular complexity index is 916. The Balaban J connectivity index is 1.79. The number of amides is 3. The van der Waals surface area contributed by atoms with E-state index in [1.807, 2.05) is 0 Å². The van der Waals surface area contributed by atoms with Crippen molar-refractivity contribution in [1.29, 1.82) is 0 Å². The zero-order valence-corrected chi connectivity index (χ0v) is 18.0. The lowest BCUT2D eigenvalue weighted by molar-refractivity contribution is -0.115. The van der Waals surface area contributed by atoms with Gasteiger partial charge in [-0.3, -0.25) is 30.6 Å². The fraction of sp³-hybridized carbons (Fsp3) is 0.238. The third-order valence-electron chi connectivity index (χ3n) is 3.94. The van der Waals surface area contributed by atoms with Crippen molar-refractivity contribution in [3.63, 3.8) is 0 Å². The van der Waals surface area contributed by atoms with E-state index in [0.717, 1.165) is 0 Å². The van der Waals surface area contributed by atoms with Crippen LogP contribution in [0.25, 0.3) is 0 Å². The fourth-order valence-electron chi connectivity index (χ4n) is 2.29. The molecule has 3 amide bonds. The number of carbonyl (C=O) groups excluding carboxylic acids is 3. The molecule has 2 aromatic rings. The highest BCUT2D eigenvalue weighted by molar-refractivity contribution is 7.80. The van der Waals surface area contributed by atoms with Gasteiger partial charge in [-0.25, -0.2) is 0 Å². The molecule has 2 aromatic carbocycles. The number of rotatable bonds is 8. The molecule has 9 nitrogen and oxygen atoms in total. The summed E-state index contributed by atoms with van der Waals surface area (Å²) in [4.78, 5) is 35.8. The number of ether oxygens (including phenoxy) is 2. The third kappa shape index (κ3) is 8.03. The molecule has 4 N–H and O–H groups in total. The molecule has 164 valence electrons. The van der Waals surface area contributed by atoms with Gasteiger partial charge in [-0.2, -0.15) is 0 Å². The normalized spacial score (nSPS) is 10.0. The van der Waals surface area contributed by atoms with E-state index in [2.05, 4.69) is 21.5 Å². The van der Waals surface area contributed by atoms with Crippen molar-refractivity contribution in [2.75, 3.05) is 25.6 Å². The second-order valence-electron chi connectivity index (χ2n) is 6.21. The number of carbonyl (C=O) groups is 3. The number of thiocarbonyl (C=S) groups is 1. The summed E-state index contributed by atoms with van der Waals surface area (Å²) in [6.45, 7) is 2.62. The Kier molecular flexibility index (Phi) is 9.40. The summed E-state index contributed by atoms with van der Waals surface area (Å²) >= 11 is 5.03. The minimum atomic E-state index is -0.456. The van der Waals surface area contributed by atoms with Crippen LogP contribution in [0.2, 0.25) is 0 Å². The number of hydrazine groups is 1. The molecule has 2 rings (SSSR count). The van der Waals surface area contributed by atoms with E-state index in [1.165, 1.54) is 0 Å². The van der Waals surface area contributed by atoms with E-state index >= 15 is 0 Å². The van der Waals surface area contributed by atoms with Gasteiger partial charge in [0.2, 0.25) is 5.91 Å². The second-order valence-corrected chi connectivity index (χ2v) is 6.62. The maximum Gasteiger partial charge on any atom is 0.269 e. The first-order valence-electron chi connectivity index (χ1n) is 9.46. The molecular formula is C21H24N4O5S. The molecule has 31 heavy (non-hydrogen) atoms. The van der Waals surface area contributed by atoms with Crippen LogP contribution < -0.4 is 26.2 Å². The van der Waals surface area contributed by atoms with Crippen molar-refractivity contribution in [2.45, 2.75) is 13.3 Å². The fourth-order valence-corrected chi connectivity index (χ4v) is 2.44. The summed E-state index contributed by atoms with van der Waals surface area (Å²) in [5.74, 6) is -0.399. The molecule has 0 aliphatic heterocycles. The molecule has 10 heteroatoms. The number of hydrogen-bond acceptors (Lipinski definition) is 6. The highest BCUT2D eigenvalue weighted by atomic mass is 32.1. The highest BCUT2D eigenvalue weighted by Crippen LogP contribution is 2.12. The van der Waals surface area contributed by atoms with Crippen LogP contribution in [-0.2, 0) is 9.53 Å². The summed E-state index contributed by atoms with van der Waals surface area (Å²) in [5, 5.41) is 5.10. The minimum absolute atomic E-state index is 0.0643. The van der Waals surface area contributed by atoms with Gasteiger partial charge in [-0.1, -0.05) is 6.92 Å². The number of benzene rings is 2. The van der Waals surface area contributed by atoms with Crippen molar-refractivity contribution >= 4 is 40.7 Å². The Morgan fingerprint density at radius 1 is 0.871 bits per heavy atom. The highest BCUT2D eigenvalue weighted by Gasteiger charge is 2.10. The van der Waals surface area contributed by atoms with Gasteiger partial charge in [0.15, 0.2) is 5.11 Å². The smallest absolute Gasteiger partial charge is 0.269 e. The summed E-state index contributed by atoms with van der Waals surface area (Å²) in [7, 11) is 1.58. The summed E-state index contributed by atoms with van der Waals surface area (Å²) in [6, 6.07) is 12.9. The predicted molar refractivity (Wildman–Crippen MR) is 120 cm³/mol. The van der Waals surface area contributed by atoms with Crippen molar-refractivity contribution in [1.82, 2.24) is 16.2 Å². The standard InChI is InChI=1S/C21H24N4O5S/c1-3-18(26)22-16-8-4-15(5-9-16)20(28)24-25-21(31)23-19(27)14-6-10-17(11-7-14)30-13-12-29-2/h4-11H,3,12-13H2,1-2H3,(H,22,26)(H,24,28)(H2,23,25,27,31). The van der Waals surface area contributed by atoms with Crippen LogP contribution >= 0.6 is 12.2 Å². The van der Waals surface area contributed by atoms with Crippen LogP contribution in [0.1, 0.15) is 34.1 Å². The van der Waals surface area contributed by atoms with E-state index in [1.54, 1.807) is 62.6 Å².